The number of morpholine rings is 1. The maximum absolute atomic E-state index is 12.3. The van der Waals surface area contributed by atoms with E-state index in [1.54, 1.807) is 11.8 Å². The monoisotopic (exact) mass is 335 g/mol. The molecule has 1 atom stereocenters. The maximum Gasteiger partial charge on any atom is 0.247 e. The van der Waals surface area contributed by atoms with Gasteiger partial charge in [0.1, 0.15) is 6.04 Å². The Balaban J connectivity index is 1.58. The van der Waals surface area contributed by atoms with Crippen molar-refractivity contribution < 1.29 is 14.3 Å². The van der Waals surface area contributed by atoms with Crippen molar-refractivity contribution in [3.8, 4) is 0 Å². The highest BCUT2D eigenvalue weighted by molar-refractivity contribution is 7.99. The van der Waals surface area contributed by atoms with Gasteiger partial charge >= 0.3 is 0 Å². The van der Waals surface area contributed by atoms with E-state index in [4.69, 9.17) is 4.74 Å². The lowest BCUT2D eigenvalue weighted by atomic mass is 10.2. The quantitative estimate of drug-likeness (QED) is 0.865. The van der Waals surface area contributed by atoms with Crippen LogP contribution in [0.2, 0.25) is 0 Å². The first-order chi connectivity index (χ1) is 11.2. The number of anilines is 2. The molecule has 1 aromatic rings. The predicted molar refractivity (Wildman–Crippen MR) is 92.0 cm³/mol. The summed E-state index contributed by atoms with van der Waals surface area (Å²) in [7, 11) is 0. The van der Waals surface area contributed by atoms with Gasteiger partial charge in [-0.2, -0.15) is 11.8 Å². The molecule has 124 valence electrons. The predicted octanol–water partition coefficient (Wildman–Crippen LogP) is 1.08. The van der Waals surface area contributed by atoms with Gasteiger partial charge in [0.05, 0.1) is 13.2 Å². The largest absolute Gasteiger partial charge is 0.378 e. The lowest BCUT2D eigenvalue weighted by Crippen LogP contribution is -2.44. The summed E-state index contributed by atoms with van der Waals surface area (Å²) < 4.78 is 5.35. The molecule has 2 amide bonds. The zero-order valence-corrected chi connectivity index (χ0v) is 13.7. The number of carbonyl (C=O) groups excluding carboxylic acids is 2. The van der Waals surface area contributed by atoms with E-state index in [1.807, 2.05) is 24.3 Å². The molecular weight excluding hydrogens is 314 g/mol. The van der Waals surface area contributed by atoms with E-state index in [0.29, 0.717) is 12.2 Å². The number of hydrogen-bond acceptors (Lipinski definition) is 5. The molecule has 0 radical (unpaired) electrons. The second kappa shape index (κ2) is 7.70. The summed E-state index contributed by atoms with van der Waals surface area (Å²) in [6.07, 6.45) is 0.475. The summed E-state index contributed by atoms with van der Waals surface area (Å²) >= 11 is 1.63. The summed E-state index contributed by atoms with van der Waals surface area (Å²) in [5.74, 6) is 1.16. The van der Waals surface area contributed by atoms with E-state index in [0.717, 1.165) is 43.4 Å². The van der Waals surface area contributed by atoms with Crippen LogP contribution in [0.5, 0.6) is 0 Å². The Morgan fingerprint density at radius 3 is 2.74 bits per heavy atom. The van der Waals surface area contributed by atoms with Crippen molar-refractivity contribution in [2.24, 2.45) is 0 Å². The lowest BCUT2D eigenvalue weighted by Gasteiger charge is -2.29. The van der Waals surface area contributed by atoms with Gasteiger partial charge in [0, 0.05) is 42.4 Å². The lowest BCUT2D eigenvalue weighted by molar-refractivity contribution is -0.125. The zero-order chi connectivity index (χ0) is 16.1. The van der Waals surface area contributed by atoms with Crippen LogP contribution in [0, 0.1) is 0 Å². The molecule has 0 aliphatic carbocycles. The molecule has 6 nitrogen and oxygen atoms in total. The summed E-state index contributed by atoms with van der Waals surface area (Å²) in [5, 5.41) is 5.65. The molecule has 2 fully saturated rings. The topological polar surface area (TPSA) is 70.7 Å². The van der Waals surface area contributed by atoms with Crippen LogP contribution in [0.25, 0.3) is 0 Å². The minimum Gasteiger partial charge on any atom is -0.378 e. The number of amides is 2. The molecule has 0 bridgehead atoms. The fourth-order valence-electron chi connectivity index (χ4n) is 2.62. The average Bonchev–Trinajstić information content (AvgIpc) is 2.81. The molecule has 3 rings (SSSR count). The fourth-order valence-corrected chi connectivity index (χ4v) is 3.59. The van der Waals surface area contributed by atoms with Gasteiger partial charge in [-0.3, -0.25) is 9.59 Å². The van der Waals surface area contributed by atoms with Crippen molar-refractivity contribution in [1.29, 1.82) is 0 Å². The first-order valence-corrected chi connectivity index (χ1v) is 8.98. The maximum atomic E-state index is 12.3. The number of hydrogen-bond donors (Lipinski definition) is 2. The number of carbonyl (C=O) groups is 2. The van der Waals surface area contributed by atoms with Crippen LogP contribution >= 0.6 is 11.8 Å². The minimum absolute atomic E-state index is 0.0576. The smallest absolute Gasteiger partial charge is 0.247 e. The van der Waals surface area contributed by atoms with Gasteiger partial charge in [-0.05, 0) is 24.3 Å². The molecule has 1 aromatic carbocycles. The fraction of sp³-hybridized carbons (Fsp3) is 0.500. The third kappa shape index (κ3) is 4.39. The number of benzene rings is 1. The van der Waals surface area contributed by atoms with Crippen LogP contribution in [0.1, 0.15) is 6.42 Å². The Bertz CT molecular complexity index is 558. The third-order valence-corrected chi connectivity index (χ3v) is 4.98. The van der Waals surface area contributed by atoms with Gasteiger partial charge in [0.2, 0.25) is 11.8 Å². The zero-order valence-electron chi connectivity index (χ0n) is 12.9. The SMILES string of the molecule is O=C1CCSCC(C(=O)Nc2ccc(N3CCOCC3)cc2)N1. The molecule has 23 heavy (non-hydrogen) atoms. The number of nitrogens with zero attached hydrogens (tertiary/aromatic N) is 1. The second-order valence-corrected chi connectivity index (χ2v) is 6.73. The van der Waals surface area contributed by atoms with E-state index >= 15 is 0 Å². The molecule has 2 aliphatic rings. The minimum atomic E-state index is -0.464. The van der Waals surface area contributed by atoms with E-state index < -0.39 is 6.04 Å². The Hall–Kier alpha value is -1.73. The van der Waals surface area contributed by atoms with Crippen molar-refractivity contribution in [2.45, 2.75) is 12.5 Å². The van der Waals surface area contributed by atoms with Crippen molar-refractivity contribution in [2.75, 3.05) is 48.0 Å². The van der Waals surface area contributed by atoms with E-state index in [9.17, 15) is 9.59 Å². The van der Waals surface area contributed by atoms with Crippen molar-refractivity contribution in [1.82, 2.24) is 5.32 Å². The molecule has 0 saturated carbocycles. The van der Waals surface area contributed by atoms with Gasteiger partial charge in [0.25, 0.3) is 0 Å². The number of thioether (sulfide) groups is 1. The van der Waals surface area contributed by atoms with Crippen LogP contribution in [-0.4, -0.2) is 55.7 Å². The summed E-state index contributed by atoms with van der Waals surface area (Å²) in [5.41, 5.74) is 1.88. The van der Waals surface area contributed by atoms with Gasteiger partial charge in [0.15, 0.2) is 0 Å². The third-order valence-electron chi connectivity index (χ3n) is 3.92. The number of rotatable bonds is 3. The molecule has 2 aliphatic heterocycles. The Labute approximate surface area is 139 Å². The molecule has 2 heterocycles. The highest BCUT2D eigenvalue weighted by atomic mass is 32.2. The Morgan fingerprint density at radius 1 is 1.26 bits per heavy atom. The van der Waals surface area contributed by atoms with Gasteiger partial charge < -0.3 is 20.3 Å². The number of nitrogens with one attached hydrogen (secondary N) is 2. The molecule has 0 aromatic heterocycles. The normalized spacial score (nSPS) is 22.2. The Morgan fingerprint density at radius 2 is 2.00 bits per heavy atom. The van der Waals surface area contributed by atoms with Crippen molar-refractivity contribution in [3.63, 3.8) is 0 Å². The van der Waals surface area contributed by atoms with Crippen LogP contribution in [0.3, 0.4) is 0 Å². The Kier molecular flexibility index (Phi) is 5.40. The van der Waals surface area contributed by atoms with E-state index in [2.05, 4.69) is 15.5 Å². The van der Waals surface area contributed by atoms with Gasteiger partial charge in [-0.1, -0.05) is 0 Å². The molecular formula is C16H21N3O3S. The molecule has 1 unspecified atom stereocenters. The van der Waals surface area contributed by atoms with Gasteiger partial charge in [-0.25, -0.2) is 0 Å². The summed E-state index contributed by atoms with van der Waals surface area (Å²) in [6.45, 7) is 3.27. The van der Waals surface area contributed by atoms with Gasteiger partial charge in [-0.15, -0.1) is 0 Å². The first-order valence-electron chi connectivity index (χ1n) is 7.83. The van der Waals surface area contributed by atoms with E-state index in [1.165, 1.54) is 0 Å². The van der Waals surface area contributed by atoms with Crippen molar-refractivity contribution >= 4 is 35.0 Å². The highest BCUT2D eigenvalue weighted by Gasteiger charge is 2.23. The second-order valence-electron chi connectivity index (χ2n) is 5.58. The molecule has 2 saturated heterocycles. The summed E-state index contributed by atoms with van der Waals surface area (Å²) in [4.78, 5) is 26.1. The highest BCUT2D eigenvalue weighted by Crippen LogP contribution is 2.19. The molecule has 2 N–H and O–H groups in total. The molecule has 0 spiro atoms. The van der Waals surface area contributed by atoms with Crippen LogP contribution in [0.4, 0.5) is 11.4 Å². The van der Waals surface area contributed by atoms with Crippen LogP contribution < -0.4 is 15.5 Å². The van der Waals surface area contributed by atoms with E-state index in [-0.39, 0.29) is 11.8 Å². The van der Waals surface area contributed by atoms with Crippen LogP contribution in [0.15, 0.2) is 24.3 Å². The molecule has 7 heteroatoms. The average molecular weight is 335 g/mol. The first kappa shape index (κ1) is 16.1. The van der Waals surface area contributed by atoms with Crippen molar-refractivity contribution in [3.05, 3.63) is 24.3 Å². The number of ether oxygens (including phenoxy) is 1. The standard InChI is InChI=1S/C16H21N3O3S/c20-15-5-10-23-11-14(18-15)16(21)17-12-1-3-13(4-2-12)19-6-8-22-9-7-19/h1-4,14H,5-11H2,(H,17,21)(H,18,20). The summed E-state index contributed by atoms with van der Waals surface area (Å²) in [6, 6.07) is 7.33. The van der Waals surface area contributed by atoms with Crippen LogP contribution in [-0.2, 0) is 14.3 Å².